The van der Waals surface area contributed by atoms with Crippen molar-refractivity contribution in [2.24, 2.45) is 0 Å². The third-order valence-corrected chi connectivity index (χ3v) is 12.7. The number of pyridine rings is 1. The number of hydrogen-bond acceptors (Lipinski definition) is 5. The van der Waals surface area contributed by atoms with Crippen LogP contribution in [0.3, 0.4) is 0 Å². The molecule has 2 aliphatic heterocycles. The number of anilines is 6. The van der Waals surface area contributed by atoms with Gasteiger partial charge in [-0.25, -0.2) is 4.39 Å². The molecule has 66 heavy (non-hydrogen) atoms. The number of rotatable bonds is 5. The van der Waals surface area contributed by atoms with Crippen molar-refractivity contribution in [1.82, 2.24) is 4.98 Å². The van der Waals surface area contributed by atoms with Gasteiger partial charge in [0.15, 0.2) is 0 Å². The topological polar surface area (TPSA) is 41.7 Å². The molecule has 0 unspecified atom stereocenters. The lowest BCUT2D eigenvalue weighted by atomic mass is 9.34. The standard InChI is InChI=1S/C51H33BF9N3O2/c1-47(2,3)30-20-24-39-33(26-30)42-46(65-39)66-45-43-38(27-40(62-45)63(31-15-9-5-10-16-31)32-17-11-6-12-18-32)64(37-23-19-29(25-35(37)52(42)43)28-13-7-4-8-14-28)44-36(53)22-21-34-41(44)49(56,57)51(60,61)50(58,59)48(34,54)55/h4-27H,1-3H3. The first-order chi connectivity index (χ1) is 31.3. The van der Waals surface area contributed by atoms with E-state index in [9.17, 15) is 0 Å². The Kier molecular flexibility index (Phi) is 8.77. The van der Waals surface area contributed by atoms with Gasteiger partial charge in [0.2, 0.25) is 5.88 Å². The summed E-state index contributed by atoms with van der Waals surface area (Å²) in [5.74, 6) is -27.0. The van der Waals surface area contributed by atoms with E-state index < -0.39 is 53.0 Å². The Labute approximate surface area is 371 Å². The monoisotopic (exact) mass is 901 g/mol. The molecule has 0 amide bonds. The molecule has 15 heteroatoms. The lowest BCUT2D eigenvalue weighted by Crippen LogP contribution is -2.64. The predicted octanol–water partition coefficient (Wildman–Crippen LogP) is 13.3. The highest BCUT2D eigenvalue weighted by molar-refractivity contribution is 7.00. The summed E-state index contributed by atoms with van der Waals surface area (Å²) in [6.45, 7) is 5.10. The maximum atomic E-state index is 17.0. The maximum Gasteiger partial charge on any atom is 0.383 e. The number of nitrogens with zero attached hydrogens (tertiary/aromatic N) is 3. The minimum atomic E-state index is -6.68. The summed E-state index contributed by atoms with van der Waals surface area (Å²) in [6.07, 6.45) is 0. The van der Waals surface area contributed by atoms with Crippen molar-refractivity contribution in [3.8, 4) is 23.0 Å². The Morgan fingerprint density at radius 2 is 1.24 bits per heavy atom. The summed E-state index contributed by atoms with van der Waals surface area (Å²) >= 11 is 0. The first-order valence-corrected chi connectivity index (χ1v) is 20.9. The zero-order chi connectivity index (χ0) is 46.3. The molecule has 11 rings (SSSR count). The molecule has 2 aromatic heterocycles. The van der Waals surface area contributed by atoms with Gasteiger partial charge in [-0.2, -0.15) is 40.1 Å². The van der Waals surface area contributed by atoms with Gasteiger partial charge in [0.25, 0.3) is 12.7 Å². The van der Waals surface area contributed by atoms with Gasteiger partial charge >= 0.3 is 23.7 Å². The molecule has 0 radical (unpaired) electrons. The second-order valence-corrected chi connectivity index (χ2v) is 17.6. The molecule has 330 valence electrons. The molecule has 5 nitrogen and oxygen atoms in total. The molecule has 0 fully saturated rings. The van der Waals surface area contributed by atoms with Crippen LogP contribution < -0.4 is 30.9 Å². The van der Waals surface area contributed by atoms with E-state index >= 15 is 39.5 Å². The molecule has 1 aliphatic carbocycles. The Morgan fingerprint density at radius 1 is 0.621 bits per heavy atom. The quantitative estimate of drug-likeness (QED) is 0.127. The van der Waals surface area contributed by atoms with Crippen LogP contribution in [0.1, 0.15) is 37.5 Å². The lowest BCUT2D eigenvalue weighted by Gasteiger charge is -2.46. The highest BCUT2D eigenvalue weighted by Gasteiger charge is 2.86. The van der Waals surface area contributed by atoms with Gasteiger partial charge in [-0.1, -0.05) is 106 Å². The number of benzene rings is 6. The summed E-state index contributed by atoms with van der Waals surface area (Å²) in [5, 5.41) is 0.596. The number of aromatic nitrogens is 1. The van der Waals surface area contributed by atoms with Crippen molar-refractivity contribution in [1.29, 1.82) is 0 Å². The van der Waals surface area contributed by atoms with Gasteiger partial charge in [-0.15, -0.1) is 0 Å². The van der Waals surface area contributed by atoms with Gasteiger partial charge < -0.3 is 14.1 Å². The molecule has 3 aliphatic rings. The summed E-state index contributed by atoms with van der Waals surface area (Å²) in [5.41, 5.74) is -2.11. The smallest absolute Gasteiger partial charge is 0.383 e. The van der Waals surface area contributed by atoms with Gasteiger partial charge in [-0.3, -0.25) is 4.90 Å². The summed E-state index contributed by atoms with van der Waals surface area (Å²) in [6, 6.07) is 38.7. The number of ether oxygens (including phenoxy) is 1. The van der Waals surface area contributed by atoms with Gasteiger partial charge in [0.1, 0.15) is 17.2 Å². The third-order valence-electron chi connectivity index (χ3n) is 12.7. The molecule has 0 N–H and O–H groups in total. The van der Waals surface area contributed by atoms with Crippen molar-refractivity contribution in [3.05, 3.63) is 168 Å². The Bertz CT molecular complexity index is 3230. The summed E-state index contributed by atoms with van der Waals surface area (Å²) < 4.78 is 156. The van der Waals surface area contributed by atoms with E-state index in [4.69, 9.17) is 14.1 Å². The second kappa shape index (κ2) is 13.9. The molecule has 0 spiro atoms. The van der Waals surface area contributed by atoms with Gasteiger partial charge in [-0.05, 0) is 82.2 Å². The maximum absolute atomic E-state index is 17.0. The zero-order valence-electron chi connectivity index (χ0n) is 35.0. The molecular weight excluding hydrogens is 868 g/mol. The van der Waals surface area contributed by atoms with Crippen molar-refractivity contribution in [3.63, 3.8) is 0 Å². The van der Waals surface area contributed by atoms with Crippen molar-refractivity contribution in [2.45, 2.75) is 49.9 Å². The number of halogens is 9. The first kappa shape index (κ1) is 41.5. The minimum absolute atomic E-state index is 0.0111. The van der Waals surface area contributed by atoms with Crippen molar-refractivity contribution < 1.29 is 48.7 Å². The van der Waals surface area contributed by atoms with Crippen molar-refractivity contribution >= 4 is 68.3 Å². The van der Waals surface area contributed by atoms with Gasteiger partial charge in [0.05, 0.1) is 16.9 Å². The van der Waals surface area contributed by atoms with Crippen LogP contribution >= 0.6 is 0 Å². The normalized spacial score (nSPS) is 17.0. The molecule has 0 saturated carbocycles. The van der Waals surface area contributed by atoms with E-state index in [0.29, 0.717) is 45.0 Å². The predicted molar refractivity (Wildman–Crippen MR) is 236 cm³/mol. The third kappa shape index (κ3) is 5.67. The van der Waals surface area contributed by atoms with E-state index in [1.54, 1.807) is 102 Å². The summed E-state index contributed by atoms with van der Waals surface area (Å²) in [4.78, 5) is 7.50. The van der Waals surface area contributed by atoms with Gasteiger partial charge in [0, 0.05) is 45.0 Å². The highest BCUT2D eigenvalue weighted by Crippen LogP contribution is 2.67. The Balaban J connectivity index is 1.29. The van der Waals surface area contributed by atoms with Crippen LogP contribution in [-0.2, 0) is 17.3 Å². The van der Waals surface area contributed by atoms with Crippen LogP contribution in [0.4, 0.5) is 73.8 Å². The van der Waals surface area contributed by atoms with E-state index in [0.717, 1.165) is 10.5 Å². The highest BCUT2D eigenvalue weighted by atomic mass is 19.4. The molecule has 0 bridgehead atoms. The first-order valence-electron chi connectivity index (χ1n) is 20.9. The fourth-order valence-corrected chi connectivity index (χ4v) is 9.43. The van der Waals surface area contributed by atoms with Crippen LogP contribution in [0.5, 0.6) is 11.8 Å². The van der Waals surface area contributed by atoms with Crippen LogP contribution in [0, 0.1) is 5.82 Å². The average Bonchev–Trinajstić information content (AvgIpc) is 3.66. The van der Waals surface area contributed by atoms with Crippen LogP contribution in [0.25, 0.3) is 22.1 Å². The van der Waals surface area contributed by atoms with E-state index in [1.807, 2.05) is 45.0 Å². The number of hydrogen-bond donors (Lipinski definition) is 0. The molecule has 8 aromatic rings. The number of furan rings is 1. The van der Waals surface area contributed by atoms with Crippen LogP contribution in [0.15, 0.2) is 150 Å². The fourth-order valence-electron chi connectivity index (χ4n) is 9.43. The SMILES string of the molecule is CC(C)(C)c1ccc2oc3c(c2c1)B1c2cc(-c4ccccc4)ccc2N(c2c(F)ccc4c2C(F)(F)C(F)(F)C(F)(F)C4(F)F)c2cc(N(c4ccccc4)c4ccccc4)nc(c21)O3. The minimum Gasteiger partial charge on any atom is -0.426 e. The lowest BCUT2D eigenvalue weighted by molar-refractivity contribution is -0.386. The molecule has 0 saturated heterocycles. The zero-order valence-corrected chi connectivity index (χ0v) is 35.0. The number of alkyl halides is 8. The van der Waals surface area contributed by atoms with E-state index in [-0.39, 0.29) is 51.4 Å². The average molecular weight is 902 g/mol. The number of para-hydroxylation sites is 2. The molecule has 6 aromatic carbocycles. The van der Waals surface area contributed by atoms with Crippen LogP contribution in [0.2, 0.25) is 0 Å². The Morgan fingerprint density at radius 3 is 1.88 bits per heavy atom. The number of fused-ring (bicyclic) bond motifs is 7. The largest absolute Gasteiger partial charge is 0.426 e. The summed E-state index contributed by atoms with van der Waals surface area (Å²) in [7, 11) is 0. The van der Waals surface area contributed by atoms with Crippen LogP contribution in [-0.4, -0.2) is 23.5 Å². The Hall–Kier alpha value is -7.16. The molecule has 0 atom stereocenters. The second-order valence-electron chi connectivity index (χ2n) is 17.6. The van der Waals surface area contributed by atoms with E-state index in [1.165, 1.54) is 12.1 Å². The van der Waals surface area contributed by atoms with Crippen molar-refractivity contribution in [2.75, 3.05) is 9.80 Å². The molecule has 4 heterocycles. The van der Waals surface area contributed by atoms with E-state index in [2.05, 4.69) is 0 Å². The molecular formula is C51H33BF9N3O2. The fraction of sp³-hybridized carbons (Fsp3) is 0.157.